The molecular formula is C11H22N2O. The zero-order chi connectivity index (χ0) is 9.80. The van der Waals surface area contributed by atoms with E-state index in [0.29, 0.717) is 6.04 Å². The first-order valence-corrected chi connectivity index (χ1v) is 5.90. The number of hydrogen-bond donors (Lipinski definition) is 1. The van der Waals surface area contributed by atoms with Crippen molar-refractivity contribution in [3.63, 3.8) is 0 Å². The van der Waals surface area contributed by atoms with E-state index in [0.717, 1.165) is 25.7 Å². The molecule has 0 radical (unpaired) electrons. The molecule has 2 heterocycles. The van der Waals surface area contributed by atoms with Crippen LogP contribution in [-0.4, -0.2) is 50.3 Å². The summed E-state index contributed by atoms with van der Waals surface area (Å²) >= 11 is 0. The van der Waals surface area contributed by atoms with Gasteiger partial charge in [-0.05, 0) is 25.3 Å². The molecule has 3 nitrogen and oxygen atoms in total. The number of nitrogens with zero attached hydrogens (tertiary/aromatic N) is 1. The highest BCUT2D eigenvalue weighted by Gasteiger charge is 2.24. The third-order valence-corrected chi connectivity index (χ3v) is 3.46. The van der Waals surface area contributed by atoms with Gasteiger partial charge in [-0.3, -0.25) is 4.90 Å². The largest absolute Gasteiger partial charge is 0.380 e. The van der Waals surface area contributed by atoms with Crippen molar-refractivity contribution in [3.8, 4) is 0 Å². The van der Waals surface area contributed by atoms with Gasteiger partial charge in [0.25, 0.3) is 0 Å². The normalized spacial score (nSPS) is 35.8. The van der Waals surface area contributed by atoms with Gasteiger partial charge in [-0.1, -0.05) is 6.92 Å². The zero-order valence-electron chi connectivity index (χ0n) is 9.17. The molecular weight excluding hydrogens is 176 g/mol. The highest BCUT2D eigenvalue weighted by atomic mass is 16.5. The molecule has 1 N–H and O–H groups in total. The van der Waals surface area contributed by atoms with Crippen molar-refractivity contribution in [2.24, 2.45) is 5.92 Å². The van der Waals surface area contributed by atoms with Crippen LogP contribution in [0.15, 0.2) is 0 Å². The Hall–Kier alpha value is -0.120. The second-order valence-corrected chi connectivity index (χ2v) is 4.59. The van der Waals surface area contributed by atoms with Gasteiger partial charge >= 0.3 is 0 Å². The van der Waals surface area contributed by atoms with Gasteiger partial charge in [0.1, 0.15) is 0 Å². The van der Waals surface area contributed by atoms with Crippen molar-refractivity contribution in [1.82, 2.24) is 10.2 Å². The number of rotatable bonds is 2. The molecule has 2 rings (SSSR count). The zero-order valence-corrected chi connectivity index (χ0v) is 9.17. The van der Waals surface area contributed by atoms with Gasteiger partial charge in [0.2, 0.25) is 0 Å². The van der Waals surface area contributed by atoms with E-state index in [1.165, 1.54) is 32.5 Å². The van der Waals surface area contributed by atoms with E-state index < -0.39 is 0 Å². The molecule has 2 saturated heterocycles. The first-order chi connectivity index (χ1) is 6.86. The molecule has 3 heteroatoms. The lowest BCUT2D eigenvalue weighted by atomic mass is 10.0. The van der Waals surface area contributed by atoms with Crippen LogP contribution in [-0.2, 0) is 4.74 Å². The molecule has 0 amide bonds. The molecule has 82 valence electrons. The van der Waals surface area contributed by atoms with Gasteiger partial charge in [0.15, 0.2) is 0 Å². The van der Waals surface area contributed by atoms with Gasteiger partial charge in [-0.2, -0.15) is 0 Å². The Labute approximate surface area is 86.8 Å². The average molecular weight is 198 g/mol. The van der Waals surface area contributed by atoms with Crippen LogP contribution >= 0.6 is 0 Å². The average Bonchev–Trinajstić information content (AvgIpc) is 2.44. The molecule has 2 aliphatic heterocycles. The predicted molar refractivity (Wildman–Crippen MR) is 57.4 cm³/mol. The number of ether oxygens (including phenoxy) is 1. The van der Waals surface area contributed by atoms with Gasteiger partial charge in [0.05, 0.1) is 6.61 Å². The summed E-state index contributed by atoms with van der Waals surface area (Å²) < 4.78 is 5.45. The minimum Gasteiger partial charge on any atom is -0.380 e. The number of nitrogens with one attached hydrogen (secondary N) is 1. The Morgan fingerprint density at radius 1 is 1.36 bits per heavy atom. The summed E-state index contributed by atoms with van der Waals surface area (Å²) in [6, 6.07) is 0.716. The van der Waals surface area contributed by atoms with Crippen LogP contribution in [0.3, 0.4) is 0 Å². The monoisotopic (exact) mass is 198 g/mol. The topological polar surface area (TPSA) is 24.5 Å². The van der Waals surface area contributed by atoms with Crippen LogP contribution in [0.1, 0.15) is 19.8 Å². The van der Waals surface area contributed by atoms with Gasteiger partial charge in [0, 0.05) is 32.3 Å². The molecule has 0 spiro atoms. The van der Waals surface area contributed by atoms with E-state index in [2.05, 4.69) is 17.1 Å². The van der Waals surface area contributed by atoms with Crippen LogP contribution in [0, 0.1) is 5.92 Å². The Morgan fingerprint density at radius 2 is 2.29 bits per heavy atom. The van der Waals surface area contributed by atoms with Crippen LogP contribution in [0.2, 0.25) is 0 Å². The van der Waals surface area contributed by atoms with Gasteiger partial charge < -0.3 is 10.1 Å². The first-order valence-electron chi connectivity index (χ1n) is 5.90. The van der Waals surface area contributed by atoms with Gasteiger partial charge in [-0.15, -0.1) is 0 Å². The first kappa shape index (κ1) is 10.4. The maximum absolute atomic E-state index is 5.45. The lowest BCUT2D eigenvalue weighted by Crippen LogP contribution is -2.41. The fraction of sp³-hybridized carbons (Fsp3) is 1.00. The molecule has 0 aromatic carbocycles. The molecule has 0 saturated carbocycles. The Morgan fingerprint density at radius 3 is 3.07 bits per heavy atom. The lowest BCUT2D eigenvalue weighted by Gasteiger charge is -2.25. The van der Waals surface area contributed by atoms with E-state index in [1.807, 2.05) is 0 Å². The van der Waals surface area contributed by atoms with Crippen molar-refractivity contribution in [3.05, 3.63) is 0 Å². The fourth-order valence-electron chi connectivity index (χ4n) is 2.40. The van der Waals surface area contributed by atoms with Crippen LogP contribution in [0.25, 0.3) is 0 Å². The highest BCUT2D eigenvalue weighted by molar-refractivity contribution is 4.83. The van der Waals surface area contributed by atoms with Crippen LogP contribution < -0.4 is 5.32 Å². The molecule has 2 fully saturated rings. The van der Waals surface area contributed by atoms with E-state index >= 15 is 0 Å². The SMILES string of the molecule is CC1CCNC1CN1CCCOCC1. The van der Waals surface area contributed by atoms with Crippen molar-refractivity contribution >= 4 is 0 Å². The Balaban J connectivity index is 1.77. The molecule has 0 aliphatic carbocycles. The molecule has 14 heavy (non-hydrogen) atoms. The van der Waals surface area contributed by atoms with E-state index in [9.17, 15) is 0 Å². The smallest absolute Gasteiger partial charge is 0.0593 e. The molecule has 2 atom stereocenters. The summed E-state index contributed by atoms with van der Waals surface area (Å²) in [7, 11) is 0. The standard InChI is InChI=1S/C11H22N2O/c1-10-3-4-12-11(10)9-13-5-2-7-14-8-6-13/h10-12H,2-9H2,1H3. The highest BCUT2D eigenvalue weighted by Crippen LogP contribution is 2.15. The fourth-order valence-corrected chi connectivity index (χ4v) is 2.40. The summed E-state index contributed by atoms with van der Waals surface area (Å²) in [5, 5.41) is 3.59. The third-order valence-electron chi connectivity index (χ3n) is 3.46. The van der Waals surface area contributed by atoms with E-state index in [1.54, 1.807) is 0 Å². The summed E-state index contributed by atoms with van der Waals surface area (Å²) in [6.07, 6.45) is 2.54. The summed E-state index contributed by atoms with van der Waals surface area (Å²) in [4.78, 5) is 2.55. The van der Waals surface area contributed by atoms with Crippen molar-refractivity contribution in [1.29, 1.82) is 0 Å². The Bertz CT molecular complexity index is 167. The molecule has 2 unspecified atom stereocenters. The molecule has 0 aromatic heterocycles. The second-order valence-electron chi connectivity index (χ2n) is 4.59. The summed E-state index contributed by atoms with van der Waals surface area (Å²) in [6.45, 7) is 8.97. The summed E-state index contributed by atoms with van der Waals surface area (Å²) in [5.74, 6) is 0.846. The predicted octanol–water partition coefficient (Wildman–Crippen LogP) is 0.707. The molecule has 2 aliphatic rings. The maximum Gasteiger partial charge on any atom is 0.0593 e. The van der Waals surface area contributed by atoms with Crippen molar-refractivity contribution < 1.29 is 4.74 Å². The van der Waals surface area contributed by atoms with Crippen LogP contribution in [0.5, 0.6) is 0 Å². The third kappa shape index (κ3) is 2.69. The Kier molecular flexibility index (Phi) is 3.79. The molecule has 0 bridgehead atoms. The number of hydrogen-bond acceptors (Lipinski definition) is 3. The summed E-state index contributed by atoms with van der Waals surface area (Å²) in [5.41, 5.74) is 0. The van der Waals surface area contributed by atoms with Crippen molar-refractivity contribution in [2.45, 2.75) is 25.8 Å². The van der Waals surface area contributed by atoms with Gasteiger partial charge in [-0.25, -0.2) is 0 Å². The van der Waals surface area contributed by atoms with E-state index in [4.69, 9.17) is 4.74 Å². The quantitative estimate of drug-likeness (QED) is 0.707. The molecule has 0 aromatic rings. The lowest BCUT2D eigenvalue weighted by molar-refractivity contribution is 0.139. The van der Waals surface area contributed by atoms with Crippen LogP contribution in [0.4, 0.5) is 0 Å². The minimum absolute atomic E-state index is 0.716. The maximum atomic E-state index is 5.45. The van der Waals surface area contributed by atoms with E-state index in [-0.39, 0.29) is 0 Å². The van der Waals surface area contributed by atoms with Crippen molar-refractivity contribution in [2.75, 3.05) is 39.4 Å². The minimum atomic E-state index is 0.716. The second kappa shape index (κ2) is 5.10.